The number of amides is 1. The second-order valence-corrected chi connectivity index (χ2v) is 4.18. The van der Waals surface area contributed by atoms with E-state index in [1.807, 2.05) is 11.8 Å². The lowest BCUT2D eigenvalue weighted by molar-refractivity contribution is -0.00690. The van der Waals surface area contributed by atoms with Gasteiger partial charge in [-0.25, -0.2) is 4.79 Å². The Morgan fingerprint density at radius 1 is 1.36 bits per heavy atom. The van der Waals surface area contributed by atoms with Crippen molar-refractivity contribution in [3.63, 3.8) is 0 Å². The zero-order valence-electron chi connectivity index (χ0n) is 8.90. The molecule has 0 N–H and O–H groups in total. The lowest BCUT2D eigenvalue weighted by Crippen LogP contribution is -2.62. The molecule has 0 aromatic carbocycles. The Morgan fingerprint density at radius 3 is 2.57 bits per heavy atom. The van der Waals surface area contributed by atoms with Crippen LogP contribution < -0.4 is 0 Å². The van der Waals surface area contributed by atoms with Crippen LogP contribution in [-0.2, 0) is 4.74 Å². The molecule has 0 aromatic rings. The molecule has 2 atom stereocenters. The topological polar surface area (TPSA) is 32.8 Å². The zero-order valence-corrected chi connectivity index (χ0v) is 8.90. The fraction of sp³-hybridized carbons (Fsp3) is 0.900. The van der Waals surface area contributed by atoms with Gasteiger partial charge >= 0.3 is 6.09 Å². The van der Waals surface area contributed by atoms with E-state index in [4.69, 9.17) is 4.74 Å². The molecule has 14 heavy (non-hydrogen) atoms. The third-order valence-corrected chi connectivity index (χ3v) is 3.31. The lowest BCUT2D eigenvalue weighted by atomic mass is 9.92. The Bertz CT molecular complexity index is 232. The molecule has 4 nitrogen and oxygen atoms in total. The van der Waals surface area contributed by atoms with Gasteiger partial charge in [0, 0.05) is 25.2 Å². The summed E-state index contributed by atoms with van der Waals surface area (Å²) in [5.41, 5.74) is 0. The van der Waals surface area contributed by atoms with Gasteiger partial charge in [0.1, 0.15) is 0 Å². The normalized spacial score (nSPS) is 32.0. The van der Waals surface area contributed by atoms with E-state index in [1.54, 1.807) is 0 Å². The van der Waals surface area contributed by atoms with Crippen LogP contribution in [0.2, 0.25) is 0 Å². The summed E-state index contributed by atoms with van der Waals surface area (Å²) in [6.45, 7) is 4.18. The minimum absolute atomic E-state index is 0.129. The summed E-state index contributed by atoms with van der Waals surface area (Å²) in [7, 11) is 2.14. The summed E-state index contributed by atoms with van der Waals surface area (Å²) < 4.78 is 5.04. The fourth-order valence-electron chi connectivity index (χ4n) is 2.47. The molecule has 1 amide bonds. The molecule has 0 aliphatic carbocycles. The SMILES string of the molecule is CCOC(=O)N1CC2CCC1CN2C. The molecule has 3 aliphatic heterocycles. The number of nitrogens with zero attached hydrogens (tertiary/aromatic N) is 2. The van der Waals surface area contributed by atoms with Crippen molar-refractivity contribution in [1.82, 2.24) is 9.80 Å². The van der Waals surface area contributed by atoms with Crippen LogP contribution in [0, 0.1) is 0 Å². The Hall–Kier alpha value is -0.770. The molecule has 0 spiro atoms. The number of hydrogen-bond acceptors (Lipinski definition) is 3. The summed E-state index contributed by atoms with van der Waals surface area (Å²) in [6, 6.07) is 0.924. The van der Waals surface area contributed by atoms with Crippen molar-refractivity contribution in [2.24, 2.45) is 0 Å². The van der Waals surface area contributed by atoms with Crippen molar-refractivity contribution < 1.29 is 9.53 Å². The number of piperidine rings is 2. The van der Waals surface area contributed by atoms with Crippen LogP contribution >= 0.6 is 0 Å². The highest BCUT2D eigenvalue weighted by Gasteiger charge is 2.39. The predicted octanol–water partition coefficient (Wildman–Crippen LogP) is 0.921. The smallest absolute Gasteiger partial charge is 0.410 e. The highest BCUT2D eigenvalue weighted by molar-refractivity contribution is 5.68. The maximum absolute atomic E-state index is 11.6. The van der Waals surface area contributed by atoms with Crippen molar-refractivity contribution >= 4 is 6.09 Å². The largest absolute Gasteiger partial charge is 0.450 e. The molecule has 3 heterocycles. The number of hydrogen-bond donors (Lipinski definition) is 0. The van der Waals surface area contributed by atoms with Gasteiger partial charge in [0.2, 0.25) is 0 Å². The fourth-order valence-corrected chi connectivity index (χ4v) is 2.47. The van der Waals surface area contributed by atoms with E-state index in [-0.39, 0.29) is 6.09 Å². The Morgan fingerprint density at radius 2 is 2.07 bits per heavy atom. The van der Waals surface area contributed by atoms with Gasteiger partial charge in [-0.15, -0.1) is 0 Å². The number of piperazine rings is 1. The van der Waals surface area contributed by atoms with Gasteiger partial charge in [0.15, 0.2) is 0 Å². The molecule has 2 unspecified atom stereocenters. The molecule has 3 aliphatic rings. The first-order chi connectivity index (χ1) is 6.72. The average molecular weight is 198 g/mol. The number of ether oxygens (including phenoxy) is 1. The summed E-state index contributed by atoms with van der Waals surface area (Å²) >= 11 is 0. The van der Waals surface area contributed by atoms with E-state index >= 15 is 0 Å². The quantitative estimate of drug-likeness (QED) is 0.628. The molecular formula is C10H18N2O2. The first-order valence-corrected chi connectivity index (χ1v) is 5.36. The molecule has 4 heteroatoms. The van der Waals surface area contributed by atoms with Crippen molar-refractivity contribution in [1.29, 1.82) is 0 Å². The molecular weight excluding hydrogens is 180 g/mol. The van der Waals surface area contributed by atoms with E-state index in [0.717, 1.165) is 19.5 Å². The number of fused-ring (bicyclic) bond motifs is 3. The average Bonchev–Trinajstić information content (AvgIpc) is 2.18. The third-order valence-electron chi connectivity index (χ3n) is 3.31. The highest BCUT2D eigenvalue weighted by atomic mass is 16.6. The molecule has 0 radical (unpaired) electrons. The van der Waals surface area contributed by atoms with E-state index in [1.165, 1.54) is 6.42 Å². The van der Waals surface area contributed by atoms with Gasteiger partial charge in [-0.3, -0.25) is 4.90 Å². The molecule has 0 saturated carbocycles. The van der Waals surface area contributed by atoms with Gasteiger partial charge in [-0.05, 0) is 26.8 Å². The van der Waals surface area contributed by atoms with Gasteiger partial charge in [0.05, 0.1) is 6.61 Å². The summed E-state index contributed by atoms with van der Waals surface area (Å²) in [6.07, 6.45) is 2.22. The lowest BCUT2D eigenvalue weighted by Gasteiger charge is -2.49. The number of carbonyl (C=O) groups is 1. The number of likely N-dealkylation sites (N-methyl/N-ethyl adjacent to an activating group) is 1. The van der Waals surface area contributed by atoms with Crippen molar-refractivity contribution in [2.75, 3.05) is 26.7 Å². The van der Waals surface area contributed by atoms with E-state index < -0.39 is 0 Å². The minimum atomic E-state index is -0.129. The van der Waals surface area contributed by atoms with Crippen LogP contribution in [0.15, 0.2) is 0 Å². The minimum Gasteiger partial charge on any atom is -0.450 e. The first-order valence-electron chi connectivity index (χ1n) is 5.36. The molecule has 0 aromatic heterocycles. The number of carbonyl (C=O) groups excluding carboxylic acids is 1. The summed E-state index contributed by atoms with van der Waals surface area (Å²) in [5, 5.41) is 0. The maximum Gasteiger partial charge on any atom is 0.410 e. The molecule has 3 saturated heterocycles. The van der Waals surface area contributed by atoms with Gasteiger partial charge in [-0.2, -0.15) is 0 Å². The zero-order chi connectivity index (χ0) is 10.1. The summed E-state index contributed by atoms with van der Waals surface area (Å²) in [4.78, 5) is 15.8. The number of rotatable bonds is 1. The Labute approximate surface area is 84.8 Å². The van der Waals surface area contributed by atoms with Crippen LogP contribution in [0.25, 0.3) is 0 Å². The van der Waals surface area contributed by atoms with Crippen molar-refractivity contribution in [2.45, 2.75) is 31.8 Å². The maximum atomic E-state index is 11.6. The van der Waals surface area contributed by atoms with E-state index in [9.17, 15) is 4.79 Å². The molecule has 80 valence electrons. The predicted molar refractivity (Wildman–Crippen MR) is 53.2 cm³/mol. The van der Waals surface area contributed by atoms with Gasteiger partial charge < -0.3 is 9.64 Å². The van der Waals surface area contributed by atoms with Crippen LogP contribution in [0.1, 0.15) is 19.8 Å². The second kappa shape index (κ2) is 3.77. The van der Waals surface area contributed by atoms with Crippen molar-refractivity contribution in [3.05, 3.63) is 0 Å². The van der Waals surface area contributed by atoms with E-state index in [2.05, 4.69) is 11.9 Å². The molecule has 3 rings (SSSR count). The molecule has 3 fully saturated rings. The standard InChI is InChI=1S/C10H18N2O2/c1-3-14-10(13)12-7-8-4-5-9(12)6-11(8)2/h8-9H,3-7H2,1-2H3. The highest BCUT2D eigenvalue weighted by Crippen LogP contribution is 2.27. The van der Waals surface area contributed by atoms with Crippen LogP contribution in [0.3, 0.4) is 0 Å². The van der Waals surface area contributed by atoms with E-state index in [0.29, 0.717) is 18.7 Å². The van der Waals surface area contributed by atoms with Crippen LogP contribution in [-0.4, -0.2) is 54.7 Å². The van der Waals surface area contributed by atoms with Gasteiger partial charge in [-0.1, -0.05) is 0 Å². The van der Waals surface area contributed by atoms with Crippen LogP contribution in [0.4, 0.5) is 4.79 Å². The Kier molecular flexibility index (Phi) is 2.63. The van der Waals surface area contributed by atoms with Crippen molar-refractivity contribution in [3.8, 4) is 0 Å². The monoisotopic (exact) mass is 198 g/mol. The third kappa shape index (κ3) is 1.59. The first kappa shape index (κ1) is 9.77. The second-order valence-electron chi connectivity index (χ2n) is 4.18. The molecule has 2 bridgehead atoms. The van der Waals surface area contributed by atoms with Crippen LogP contribution in [0.5, 0.6) is 0 Å². The Balaban J connectivity index is 1.99. The van der Waals surface area contributed by atoms with Gasteiger partial charge in [0.25, 0.3) is 0 Å². The summed E-state index contributed by atoms with van der Waals surface area (Å²) in [5.74, 6) is 0.